The lowest BCUT2D eigenvalue weighted by atomic mass is 9.96. The van der Waals surface area contributed by atoms with Gasteiger partial charge < -0.3 is 24.8 Å². The summed E-state index contributed by atoms with van der Waals surface area (Å²) in [6.45, 7) is 6.46. The zero-order valence-corrected chi connectivity index (χ0v) is 22.6. The Kier molecular flexibility index (Phi) is 7.11. The third kappa shape index (κ3) is 4.84. The molecule has 4 aromatic rings. The van der Waals surface area contributed by atoms with Crippen LogP contribution < -0.4 is 20.3 Å². The molecule has 0 spiro atoms. The van der Waals surface area contributed by atoms with Crippen molar-refractivity contribution < 1.29 is 9.53 Å². The van der Waals surface area contributed by atoms with Gasteiger partial charge in [-0.25, -0.2) is 0 Å². The Labute approximate surface area is 227 Å². The van der Waals surface area contributed by atoms with Gasteiger partial charge in [-0.3, -0.25) is 14.8 Å². The van der Waals surface area contributed by atoms with Gasteiger partial charge in [-0.1, -0.05) is 12.1 Å². The maximum absolute atomic E-state index is 11.9. The maximum atomic E-state index is 11.9. The number of rotatable bonds is 7. The Balaban J connectivity index is 1.63. The van der Waals surface area contributed by atoms with Gasteiger partial charge in [0.05, 0.1) is 30.6 Å². The highest BCUT2D eigenvalue weighted by Gasteiger charge is 2.42. The molecule has 9 heteroatoms. The normalized spacial score (nSPS) is 16.8. The zero-order valence-electron chi connectivity index (χ0n) is 21.8. The van der Waals surface area contributed by atoms with Gasteiger partial charge in [-0.15, -0.1) is 0 Å². The van der Waals surface area contributed by atoms with Crippen LogP contribution in [0, 0.1) is 13.8 Å². The zero-order chi connectivity index (χ0) is 26.8. The van der Waals surface area contributed by atoms with Gasteiger partial charge in [-0.05, 0) is 79.7 Å². The Hall–Kier alpha value is -4.24. The van der Waals surface area contributed by atoms with Crippen molar-refractivity contribution in [2.45, 2.75) is 39.4 Å². The van der Waals surface area contributed by atoms with Crippen LogP contribution in [0.1, 0.15) is 47.2 Å². The van der Waals surface area contributed by atoms with Gasteiger partial charge in [-0.2, -0.15) is 0 Å². The number of methoxy groups -OCH3 is 1. The second kappa shape index (κ2) is 10.6. The van der Waals surface area contributed by atoms with Crippen molar-refractivity contribution in [3.63, 3.8) is 0 Å². The van der Waals surface area contributed by atoms with Gasteiger partial charge in [0.15, 0.2) is 5.11 Å². The van der Waals surface area contributed by atoms with Crippen LogP contribution in [0.25, 0.3) is 0 Å². The minimum atomic E-state index is -0.178. The molecule has 1 saturated heterocycles. The second-order valence-corrected chi connectivity index (χ2v) is 9.72. The van der Waals surface area contributed by atoms with E-state index in [0.717, 1.165) is 40.4 Å². The topological polar surface area (TPSA) is 84.3 Å². The number of ether oxygens (including phenoxy) is 1. The van der Waals surface area contributed by atoms with Gasteiger partial charge in [0, 0.05) is 49.1 Å². The molecule has 5 rings (SSSR count). The lowest BCUT2D eigenvalue weighted by Crippen LogP contribution is -2.29. The third-order valence-corrected chi connectivity index (χ3v) is 7.18. The molecule has 0 aliphatic carbocycles. The van der Waals surface area contributed by atoms with Crippen LogP contribution in [0.5, 0.6) is 5.75 Å². The van der Waals surface area contributed by atoms with E-state index in [9.17, 15) is 4.79 Å². The molecule has 0 bridgehead atoms. The number of pyridine rings is 2. The molecule has 4 heterocycles. The summed E-state index contributed by atoms with van der Waals surface area (Å²) in [6.07, 6.45) is 5.48. The van der Waals surface area contributed by atoms with E-state index in [4.69, 9.17) is 17.0 Å². The van der Waals surface area contributed by atoms with E-state index in [1.807, 2.05) is 48.7 Å². The Morgan fingerprint density at radius 3 is 2.66 bits per heavy atom. The van der Waals surface area contributed by atoms with E-state index in [-0.39, 0.29) is 18.0 Å². The van der Waals surface area contributed by atoms with Crippen LogP contribution in [0.3, 0.4) is 0 Å². The predicted molar refractivity (Wildman–Crippen MR) is 152 cm³/mol. The molecule has 1 aliphatic heterocycles. The highest BCUT2D eigenvalue weighted by atomic mass is 32.1. The number of benzene rings is 1. The van der Waals surface area contributed by atoms with Crippen LogP contribution in [-0.2, 0) is 11.3 Å². The number of amides is 1. The molecule has 1 fully saturated rings. The second-order valence-electron chi connectivity index (χ2n) is 9.34. The Morgan fingerprint density at radius 2 is 1.97 bits per heavy atom. The lowest BCUT2D eigenvalue weighted by molar-refractivity contribution is -0.114. The van der Waals surface area contributed by atoms with Crippen molar-refractivity contribution in [2.75, 3.05) is 17.3 Å². The molecular formula is C29H30N6O2S. The minimum Gasteiger partial charge on any atom is -0.495 e. The number of carbonyl (C=O) groups excluding carboxylic acids is 1. The number of carbonyl (C=O) groups is 1. The minimum absolute atomic E-state index is 0.176. The van der Waals surface area contributed by atoms with E-state index in [1.165, 1.54) is 6.92 Å². The van der Waals surface area contributed by atoms with Gasteiger partial charge in [0.1, 0.15) is 5.75 Å². The van der Waals surface area contributed by atoms with Crippen molar-refractivity contribution >= 4 is 34.6 Å². The number of anilines is 2. The number of hydrogen-bond donors (Lipinski definition) is 2. The predicted octanol–water partition coefficient (Wildman–Crippen LogP) is 5.09. The summed E-state index contributed by atoms with van der Waals surface area (Å²) in [4.78, 5) is 23.0. The van der Waals surface area contributed by atoms with E-state index in [2.05, 4.69) is 56.0 Å². The van der Waals surface area contributed by atoms with E-state index >= 15 is 0 Å². The van der Waals surface area contributed by atoms with E-state index in [1.54, 1.807) is 19.5 Å². The quantitative estimate of drug-likeness (QED) is 0.325. The summed E-state index contributed by atoms with van der Waals surface area (Å²) in [5, 5.41) is 6.98. The summed E-state index contributed by atoms with van der Waals surface area (Å²) in [5.74, 6) is 0.402. The van der Waals surface area contributed by atoms with Crippen LogP contribution in [0.15, 0.2) is 73.2 Å². The monoisotopic (exact) mass is 526 g/mol. The van der Waals surface area contributed by atoms with Crippen LogP contribution in [0.2, 0.25) is 0 Å². The van der Waals surface area contributed by atoms with E-state index in [0.29, 0.717) is 16.5 Å². The molecule has 1 aromatic carbocycles. The fourth-order valence-corrected chi connectivity index (χ4v) is 5.47. The molecule has 0 radical (unpaired) electrons. The average Bonchev–Trinajstić information content (AvgIpc) is 3.40. The standard InChI is InChI=1S/C29H30N6O2S/c1-18-14-23(19(2)34(18)17-21-8-7-12-30-16-21)28-27(24-9-5-6-13-31-24)33-29(38)35(28)22-10-11-26(37-4)25(15-22)32-20(3)36/h5-16,27-28H,17H2,1-4H3,(H,32,36)(H,33,38)/t27-,28-/m0/s1. The summed E-state index contributed by atoms with van der Waals surface area (Å²) in [5.41, 5.74) is 6.89. The number of nitrogens with zero attached hydrogens (tertiary/aromatic N) is 4. The molecule has 38 heavy (non-hydrogen) atoms. The van der Waals surface area contributed by atoms with Gasteiger partial charge in [0.25, 0.3) is 0 Å². The summed E-state index contributed by atoms with van der Waals surface area (Å²) in [6, 6.07) is 17.5. The van der Waals surface area contributed by atoms with Crippen molar-refractivity contribution in [1.29, 1.82) is 0 Å². The average molecular weight is 527 g/mol. The molecule has 2 N–H and O–H groups in total. The first-order valence-electron chi connectivity index (χ1n) is 12.4. The fourth-order valence-electron chi connectivity index (χ4n) is 5.13. The van der Waals surface area contributed by atoms with Gasteiger partial charge in [0.2, 0.25) is 5.91 Å². The molecule has 0 unspecified atom stereocenters. The summed E-state index contributed by atoms with van der Waals surface area (Å²) < 4.78 is 7.79. The van der Waals surface area contributed by atoms with Crippen molar-refractivity contribution in [2.24, 2.45) is 0 Å². The molecule has 0 saturated carbocycles. The highest BCUT2D eigenvalue weighted by molar-refractivity contribution is 7.80. The summed E-state index contributed by atoms with van der Waals surface area (Å²) in [7, 11) is 1.58. The molecular weight excluding hydrogens is 496 g/mol. The smallest absolute Gasteiger partial charge is 0.221 e. The number of aromatic nitrogens is 3. The van der Waals surface area contributed by atoms with Crippen molar-refractivity contribution in [3.05, 3.63) is 101 Å². The van der Waals surface area contributed by atoms with Crippen LogP contribution in [0.4, 0.5) is 11.4 Å². The molecule has 194 valence electrons. The first kappa shape index (κ1) is 25.4. The molecule has 2 atom stereocenters. The third-order valence-electron chi connectivity index (χ3n) is 6.86. The van der Waals surface area contributed by atoms with Crippen molar-refractivity contribution in [1.82, 2.24) is 19.9 Å². The Bertz CT molecular complexity index is 1470. The first-order chi connectivity index (χ1) is 18.4. The molecule has 1 amide bonds. The SMILES string of the molecule is COc1ccc(N2C(=S)N[C@@H](c3ccccn3)[C@@H]2c2cc(C)n(Cc3cccnc3)c2C)cc1NC(C)=O. The number of aryl methyl sites for hydroxylation is 1. The molecule has 3 aromatic heterocycles. The first-order valence-corrected chi connectivity index (χ1v) is 12.8. The summed E-state index contributed by atoms with van der Waals surface area (Å²) >= 11 is 5.91. The van der Waals surface area contributed by atoms with Crippen molar-refractivity contribution in [3.8, 4) is 5.75 Å². The molecule has 8 nitrogen and oxygen atoms in total. The molecule has 1 aliphatic rings. The number of nitrogens with one attached hydrogen (secondary N) is 2. The Morgan fingerprint density at radius 1 is 1.13 bits per heavy atom. The number of hydrogen-bond acceptors (Lipinski definition) is 5. The van der Waals surface area contributed by atoms with Crippen LogP contribution >= 0.6 is 12.2 Å². The largest absolute Gasteiger partial charge is 0.495 e. The fraction of sp³-hybridized carbons (Fsp3) is 0.241. The van der Waals surface area contributed by atoms with Crippen LogP contribution in [-0.4, -0.2) is 32.7 Å². The van der Waals surface area contributed by atoms with Gasteiger partial charge >= 0.3 is 0 Å². The lowest BCUT2D eigenvalue weighted by Gasteiger charge is -2.29. The maximum Gasteiger partial charge on any atom is 0.221 e. The number of thiocarbonyl (C=S) groups is 1. The highest BCUT2D eigenvalue weighted by Crippen LogP contribution is 2.44. The van der Waals surface area contributed by atoms with E-state index < -0.39 is 0 Å².